The Bertz CT molecular complexity index is 395. The van der Waals surface area contributed by atoms with Gasteiger partial charge in [0.1, 0.15) is 11.6 Å². The van der Waals surface area contributed by atoms with Crippen LogP contribution >= 0.6 is 0 Å². The van der Waals surface area contributed by atoms with E-state index >= 15 is 0 Å². The van der Waals surface area contributed by atoms with Gasteiger partial charge in [-0.1, -0.05) is 6.07 Å². The molecule has 1 atom stereocenters. The second-order valence-corrected chi connectivity index (χ2v) is 4.48. The first-order valence-electron chi connectivity index (χ1n) is 6.23. The Balaban J connectivity index is 2.22. The molecule has 0 saturated carbocycles. The molecule has 100 valence electrons. The van der Waals surface area contributed by atoms with Crippen molar-refractivity contribution < 1.29 is 13.9 Å². The summed E-state index contributed by atoms with van der Waals surface area (Å²) in [5, 5.41) is 12.4. The molecule has 1 aliphatic rings. The van der Waals surface area contributed by atoms with Crippen molar-refractivity contribution in [3.63, 3.8) is 0 Å². The molecule has 18 heavy (non-hydrogen) atoms. The average molecular weight is 256 g/mol. The number of nitrogens with one attached hydrogen (secondary N) is 1. The Morgan fingerprint density at radius 1 is 1.28 bits per heavy atom. The monoisotopic (exact) mass is 256 g/mol. The van der Waals surface area contributed by atoms with Crippen molar-refractivity contribution in [3.05, 3.63) is 35.4 Å². The van der Waals surface area contributed by atoms with Crippen LogP contribution in [0.25, 0.3) is 0 Å². The number of aliphatic hydroxyl groups is 1. The fraction of sp³-hybridized carbons (Fsp3) is 0.538. The number of rotatable bonds is 4. The van der Waals surface area contributed by atoms with Crippen molar-refractivity contribution in [2.45, 2.75) is 12.5 Å². The van der Waals surface area contributed by atoms with Crippen LogP contribution in [0.2, 0.25) is 0 Å². The predicted octanol–water partition coefficient (Wildman–Crippen LogP) is 1.29. The van der Waals surface area contributed by atoms with Gasteiger partial charge in [-0.05, 0) is 12.5 Å². The first kappa shape index (κ1) is 13.4. The molecule has 0 bridgehead atoms. The van der Waals surface area contributed by atoms with Gasteiger partial charge >= 0.3 is 0 Å². The number of piperazine rings is 1. The summed E-state index contributed by atoms with van der Waals surface area (Å²) >= 11 is 0. The molecule has 1 aromatic rings. The van der Waals surface area contributed by atoms with Gasteiger partial charge in [0.2, 0.25) is 0 Å². The van der Waals surface area contributed by atoms with Gasteiger partial charge in [0, 0.05) is 50.5 Å². The first-order valence-corrected chi connectivity index (χ1v) is 6.23. The van der Waals surface area contributed by atoms with Crippen LogP contribution in [0.1, 0.15) is 18.0 Å². The van der Waals surface area contributed by atoms with Crippen molar-refractivity contribution in [2.75, 3.05) is 32.8 Å². The largest absolute Gasteiger partial charge is 0.396 e. The highest BCUT2D eigenvalue weighted by molar-refractivity contribution is 5.22. The number of hydrogen-bond donors (Lipinski definition) is 2. The van der Waals surface area contributed by atoms with Crippen LogP contribution in [0.15, 0.2) is 18.2 Å². The lowest BCUT2D eigenvalue weighted by molar-refractivity contribution is 0.138. The van der Waals surface area contributed by atoms with Crippen LogP contribution in [0.5, 0.6) is 0 Å². The average Bonchev–Trinajstić information content (AvgIpc) is 2.38. The Morgan fingerprint density at radius 2 is 2.00 bits per heavy atom. The fourth-order valence-electron chi connectivity index (χ4n) is 2.42. The summed E-state index contributed by atoms with van der Waals surface area (Å²) in [6.07, 6.45) is 0.461. The minimum absolute atomic E-state index is 0.00852. The maximum atomic E-state index is 13.8. The summed E-state index contributed by atoms with van der Waals surface area (Å²) in [5.74, 6) is -1.11. The van der Waals surface area contributed by atoms with Gasteiger partial charge in [0.05, 0.1) is 0 Å². The third kappa shape index (κ3) is 3.04. The number of aliphatic hydroxyl groups excluding tert-OH is 1. The van der Waals surface area contributed by atoms with Crippen molar-refractivity contribution in [3.8, 4) is 0 Å². The molecule has 1 heterocycles. The third-order valence-corrected chi connectivity index (χ3v) is 3.32. The zero-order valence-electron chi connectivity index (χ0n) is 10.2. The number of hydrogen-bond acceptors (Lipinski definition) is 3. The number of benzene rings is 1. The van der Waals surface area contributed by atoms with E-state index in [4.69, 9.17) is 5.11 Å². The van der Waals surface area contributed by atoms with Gasteiger partial charge in [-0.2, -0.15) is 0 Å². The zero-order chi connectivity index (χ0) is 13.0. The van der Waals surface area contributed by atoms with E-state index in [-0.39, 0.29) is 12.6 Å². The standard InChI is InChI=1S/C13H18F2N2O/c14-10-1-2-11(12(15)9-10)13(3-8-18)17-6-4-16-5-7-17/h1-2,9,13,16,18H,3-8H2. The minimum atomic E-state index is -0.570. The molecule has 1 fully saturated rings. The highest BCUT2D eigenvalue weighted by atomic mass is 19.1. The van der Waals surface area contributed by atoms with Crippen LogP contribution in [0, 0.1) is 11.6 Å². The molecule has 0 aliphatic carbocycles. The van der Waals surface area contributed by atoms with Gasteiger partial charge in [0.25, 0.3) is 0 Å². The highest BCUT2D eigenvalue weighted by Gasteiger charge is 2.24. The molecule has 1 unspecified atom stereocenters. The molecule has 3 nitrogen and oxygen atoms in total. The first-order chi connectivity index (χ1) is 8.72. The Kier molecular flexibility index (Phi) is 4.63. The molecular formula is C13H18F2N2O. The van der Waals surface area contributed by atoms with Gasteiger partial charge < -0.3 is 10.4 Å². The minimum Gasteiger partial charge on any atom is -0.396 e. The Labute approximate surface area is 105 Å². The van der Waals surface area contributed by atoms with E-state index in [1.165, 1.54) is 12.1 Å². The van der Waals surface area contributed by atoms with E-state index in [1.807, 2.05) is 0 Å². The summed E-state index contributed by atoms with van der Waals surface area (Å²) in [4.78, 5) is 2.13. The summed E-state index contributed by atoms with van der Waals surface area (Å²) in [7, 11) is 0. The zero-order valence-corrected chi connectivity index (χ0v) is 10.2. The molecule has 5 heteroatoms. The van der Waals surface area contributed by atoms with E-state index in [9.17, 15) is 8.78 Å². The summed E-state index contributed by atoms with van der Waals surface area (Å²) in [5.41, 5.74) is 0.465. The number of nitrogens with zero attached hydrogens (tertiary/aromatic N) is 1. The Morgan fingerprint density at radius 3 is 2.61 bits per heavy atom. The lowest BCUT2D eigenvalue weighted by Crippen LogP contribution is -2.45. The van der Waals surface area contributed by atoms with E-state index in [0.29, 0.717) is 12.0 Å². The fourth-order valence-corrected chi connectivity index (χ4v) is 2.42. The van der Waals surface area contributed by atoms with E-state index in [2.05, 4.69) is 10.2 Å². The Hall–Kier alpha value is -1.04. The van der Waals surface area contributed by atoms with E-state index < -0.39 is 11.6 Å². The van der Waals surface area contributed by atoms with Gasteiger partial charge in [0.15, 0.2) is 0 Å². The van der Waals surface area contributed by atoms with E-state index in [1.54, 1.807) is 0 Å². The van der Waals surface area contributed by atoms with Crippen molar-refractivity contribution >= 4 is 0 Å². The molecule has 1 aliphatic heterocycles. The smallest absolute Gasteiger partial charge is 0.130 e. The van der Waals surface area contributed by atoms with Gasteiger partial charge in [-0.25, -0.2) is 8.78 Å². The van der Waals surface area contributed by atoms with Crippen LogP contribution in [0.4, 0.5) is 8.78 Å². The lowest BCUT2D eigenvalue weighted by atomic mass is 10.0. The van der Waals surface area contributed by atoms with Gasteiger partial charge in [-0.3, -0.25) is 4.90 Å². The maximum absolute atomic E-state index is 13.8. The van der Waals surface area contributed by atoms with Crippen molar-refractivity contribution in [1.29, 1.82) is 0 Å². The second-order valence-electron chi connectivity index (χ2n) is 4.48. The predicted molar refractivity (Wildman–Crippen MR) is 65.2 cm³/mol. The molecular weight excluding hydrogens is 238 g/mol. The molecule has 2 rings (SSSR count). The molecule has 2 N–H and O–H groups in total. The van der Waals surface area contributed by atoms with Gasteiger partial charge in [-0.15, -0.1) is 0 Å². The molecule has 0 spiro atoms. The molecule has 1 aromatic carbocycles. The summed E-state index contributed by atoms with van der Waals surface area (Å²) < 4.78 is 26.7. The van der Waals surface area contributed by atoms with Crippen LogP contribution in [-0.4, -0.2) is 42.8 Å². The van der Waals surface area contributed by atoms with Crippen LogP contribution < -0.4 is 5.32 Å². The second kappa shape index (κ2) is 6.22. The van der Waals surface area contributed by atoms with E-state index in [0.717, 1.165) is 32.2 Å². The van der Waals surface area contributed by atoms with Crippen LogP contribution in [-0.2, 0) is 0 Å². The molecule has 0 amide bonds. The quantitative estimate of drug-likeness (QED) is 0.852. The van der Waals surface area contributed by atoms with Crippen molar-refractivity contribution in [2.24, 2.45) is 0 Å². The van der Waals surface area contributed by atoms with Crippen molar-refractivity contribution in [1.82, 2.24) is 10.2 Å². The maximum Gasteiger partial charge on any atom is 0.130 e. The highest BCUT2D eigenvalue weighted by Crippen LogP contribution is 2.27. The molecule has 0 radical (unpaired) electrons. The normalized spacial score (nSPS) is 18.8. The SMILES string of the molecule is OCCC(c1ccc(F)cc1F)N1CCNCC1. The third-order valence-electron chi connectivity index (χ3n) is 3.32. The summed E-state index contributed by atoms with van der Waals surface area (Å²) in [6, 6.07) is 3.47. The lowest BCUT2D eigenvalue weighted by Gasteiger charge is -2.35. The summed E-state index contributed by atoms with van der Waals surface area (Å²) in [6.45, 7) is 3.31. The number of halogens is 2. The molecule has 1 saturated heterocycles. The van der Waals surface area contributed by atoms with Crippen LogP contribution in [0.3, 0.4) is 0 Å². The topological polar surface area (TPSA) is 35.5 Å². The molecule has 0 aromatic heterocycles.